The number of rotatable bonds is 5. The van der Waals surface area contributed by atoms with E-state index in [0.29, 0.717) is 18.7 Å². The average molecular weight is 393 g/mol. The Morgan fingerprint density at radius 1 is 1.24 bits per heavy atom. The number of aliphatic hydroxyl groups is 1. The molecular formula is C23H27N3O3. The molecule has 6 nitrogen and oxygen atoms in total. The fourth-order valence-corrected chi connectivity index (χ4v) is 5.04. The molecule has 1 amide bonds. The maximum absolute atomic E-state index is 13.2. The smallest absolute Gasteiger partial charge is 0.258 e. The number of aliphatic hydroxyl groups excluding tert-OH is 1. The van der Waals surface area contributed by atoms with Gasteiger partial charge in [0.15, 0.2) is 0 Å². The first-order valence-electron chi connectivity index (χ1n) is 10.2. The third-order valence-corrected chi connectivity index (χ3v) is 6.24. The van der Waals surface area contributed by atoms with Crippen LogP contribution in [0.2, 0.25) is 0 Å². The van der Waals surface area contributed by atoms with E-state index in [0.717, 1.165) is 11.4 Å². The summed E-state index contributed by atoms with van der Waals surface area (Å²) in [7, 11) is 0. The molecule has 0 saturated carbocycles. The highest BCUT2D eigenvalue weighted by Crippen LogP contribution is 2.49. The highest BCUT2D eigenvalue weighted by atomic mass is 16.3. The molecule has 0 unspecified atom stereocenters. The Bertz CT molecular complexity index is 983. The number of nitrogens with one attached hydrogen (secondary N) is 1. The van der Waals surface area contributed by atoms with Crippen LogP contribution in [0.3, 0.4) is 0 Å². The van der Waals surface area contributed by atoms with E-state index in [9.17, 15) is 14.7 Å². The minimum absolute atomic E-state index is 0.00645. The van der Waals surface area contributed by atoms with Crippen LogP contribution in [-0.4, -0.2) is 39.7 Å². The number of anilines is 1. The lowest BCUT2D eigenvalue weighted by Crippen LogP contribution is -2.45. The van der Waals surface area contributed by atoms with Gasteiger partial charge in [0, 0.05) is 41.9 Å². The van der Waals surface area contributed by atoms with Gasteiger partial charge in [-0.15, -0.1) is 0 Å². The largest absolute Gasteiger partial charge is 0.396 e. The molecule has 0 bridgehead atoms. The van der Waals surface area contributed by atoms with Gasteiger partial charge in [0.2, 0.25) is 5.91 Å². The third-order valence-electron chi connectivity index (χ3n) is 6.24. The molecule has 0 radical (unpaired) electrons. The molecule has 2 N–H and O–H groups in total. The monoisotopic (exact) mass is 393 g/mol. The number of para-hydroxylation sites is 1. The van der Waals surface area contributed by atoms with E-state index in [1.807, 2.05) is 73.0 Å². The number of benzene rings is 1. The topological polar surface area (TPSA) is 74.6 Å². The van der Waals surface area contributed by atoms with Crippen molar-refractivity contribution in [3.05, 3.63) is 70.2 Å². The van der Waals surface area contributed by atoms with Crippen LogP contribution in [0.5, 0.6) is 0 Å². The molecule has 2 aromatic rings. The number of fused-ring (bicyclic) bond motifs is 3. The number of nitrogens with zero attached hydrogens (tertiary/aromatic N) is 2. The summed E-state index contributed by atoms with van der Waals surface area (Å²) in [4.78, 5) is 28.2. The van der Waals surface area contributed by atoms with E-state index in [1.165, 1.54) is 0 Å². The van der Waals surface area contributed by atoms with Gasteiger partial charge >= 0.3 is 0 Å². The van der Waals surface area contributed by atoms with Crippen LogP contribution in [0.4, 0.5) is 5.69 Å². The van der Waals surface area contributed by atoms with Crippen molar-refractivity contribution < 1.29 is 9.90 Å². The van der Waals surface area contributed by atoms with Crippen molar-refractivity contribution in [3.63, 3.8) is 0 Å². The predicted molar refractivity (Wildman–Crippen MR) is 113 cm³/mol. The van der Waals surface area contributed by atoms with Crippen molar-refractivity contribution in [1.82, 2.24) is 9.47 Å². The standard InChI is InChI=1S/C23H27N3O3/c1-3-8-15-11-12-19-20-17(13-26(19)23(15)29)18(14-27)21(25(20)4-2)22(28)24-16-9-6-5-7-10-16/h3,5-12,17-18,20-21,27H,4,13-14H2,1-2H3,(H,24,28)/b8-3+/t17-,18-,20+,21-/m1/s1. The molecule has 2 aliphatic heterocycles. The van der Waals surface area contributed by atoms with Crippen LogP contribution in [0.25, 0.3) is 6.08 Å². The number of likely N-dealkylation sites (N-methyl/N-ethyl adjacent to an activating group) is 1. The van der Waals surface area contributed by atoms with E-state index >= 15 is 0 Å². The minimum Gasteiger partial charge on any atom is -0.396 e. The molecule has 2 aliphatic rings. The van der Waals surface area contributed by atoms with Crippen LogP contribution < -0.4 is 10.9 Å². The summed E-state index contributed by atoms with van der Waals surface area (Å²) in [5, 5.41) is 13.2. The van der Waals surface area contributed by atoms with Crippen LogP contribution in [0, 0.1) is 11.8 Å². The minimum atomic E-state index is -0.431. The summed E-state index contributed by atoms with van der Waals surface area (Å²) in [6, 6.07) is 12.8. The average Bonchev–Trinajstić information content (AvgIpc) is 3.25. The number of hydrogen-bond acceptors (Lipinski definition) is 4. The third kappa shape index (κ3) is 3.22. The number of aromatic nitrogens is 1. The molecule has 0 spiro atoms. The molecule has 6 heteroatoms. The summed E-state index contributed by atoms with van der Waals surface area (Å²) in [5.41, 5.74) is 2.34. The second kappa shape index (κ2) is 7.97. The van der Waals surface area contributed by atoms with Crippen molar-refractivity contribution in [3.8, 4) is 0 Å². The second-order valence-electron chi connectivity index (χ2n) is 7.71. The van der Waals surface area contributed by atoms with E-state index in [2.05, 4.69) is 10.2 Å². The molecule has 3 heterocycles. The van der Waals surface area contributed by atoms with Crippen LogP contribution in [0.1, 0.15) is 31.1 Å². The van der Waals surface area contributed by atoms with E-state index in [-0.39, 0.29) is 36.0 Å². The normalized spacial score (nSPS) is 25.9. The number of carbonyl (C=O) groups excluding carboxylic acids is 1. The highest BCUT2D eigenvalue weighted by molar-refractivity contribution is 5.95. The van der Waals surface area contributed by atoms with E-state index in [4.69, 9.17) is 0 Å². The number of amides is 1. The van der Waals surface area contributed by atoms with E-state index < -0.39 is 6.04 Å². The SMILES string of the molecule is C/C=C/c1ccc2n(c1=O)C[C@@H]1[C@@H](CO)[C@H](C(=O)Nc3ccccc3)N(CC)[C@H]21. The summed E-state index contributed by atoms with van der Waals surface area (Å²) in [5.74, 6) is -0.306. The van der Waals surface area contributed by atoms with Gasteiger partial charge in [-0.3, -0.25) is 14.5 Å². The molecule has 4 rings (SSSR count). The fourth-order valence-electron chi connectivity index (χ4n) is 5.04. The molecule has 1 aromatic carbocycles. The van der Waals surface area contributed by atoms with Gasteiger partial charge in [0.1, 0.15) is 0 Å². The van der Waals surface area contributed by atoms with Crippen LogP contribution in [0.15, 0.2) is 53.3 Å². The number of hydrogen-bond donors (Lipinski definition) is 2. The van der Waals surface area contributed by atoms with Gasteiger partial charge in [-0.1, -0.05) is 37.3 Å². The Balaban J connectivity index is 1.69. The maximum atomic E-state index is 13.2. The molecule has 4 atom stereocenters. The Kier molecular flexibility index (Phi) is 5.39. The molecule has 1 aromatic heterocycles. The zero-order chi connectivity index (χ0) is 20.5. The Morgan fingerprint density at radius 2 is 2.00 bits per heavy atom. The molecule has 0 aliphatic carbocycles. The molecule has 1 saturated heterocycles. The van der Waals surface area contributed by atoms with Gasteiger partial charge in [-0.05, 0) is 37.7 Å². The first kappa shape index (κ1) is 19.6. The number of allylic oxidation sites excluding steroid dienone is 1. The number of likely N-dealkylation sites (tertiary alicyclic amines) is 1. The zero-order valence-corrected chi connectivity index (χ0v) is 16.8. The molecule has 1 fully saturated rings. The first-order valence-corrected chi connectivity index (χ1v) is 10.2. The quantitative estimate of drug-likeness (QED) is 0.819. The summed E-state index contributed by atoms with van der Waals surface area (Å²) < 4.78 is 1.82. The van der Waals surface area contributed by atoms with Crippen molar-refractivity contribution in [2.75, 3.05) is 18.5 Å². The molecule has 29 heavy (non-hydrogen) atoms. The van der Waals surface area contributed by atoms with Gasteiger partial charge < -0.3 is 15.0 Å². The first-order chi connectivity index (χ1) is 14.1. The van der Waals surface area contributed by atoms with Crippen LogP contribution in [-0.2, 0) is 11.3 Å². The number of pyridine rings is 1. The summed E-state index contributed by atoms with van der Waals surface area (Å²) >= 11 is 0. The van der Waals surface area contributed by atoms with Crippen molar-refractivity contribution in [1.29, 1.82) is 0 Å². The van der Waals surface area contributed by atoms with Gasteiger partial charge in [0.25, 0.3) is 5.56 Å². The summed E-state index contributed by atoms with van der Waals surface area (Å²) in [6.45, 7) is 5.02. The van der Waals surface area contributed by atoms with Crippen molar-refractivity contribution in [2.45, 2.75) is 32.5 Å². The predicted octanol–water partition coefficient (Wildman–Crippen LogP) is 2.50. The van der Waals surface area contributed by atoms with E-state index in [1.54, 1.807) is 0 Å². The highest BCUT2D eigenvalue weighted by Gasteiger charge is 2.54. The lowest BCUT2D eigenvalue weighted by Gasteiger charge is -2.29. The lowest BCUT2D eigenvalue weighted by atomic mass is 9.88. The second-order valence-corrected chi connectivity index (χ2v) is 7.71. The van der Waals surface area contributed by atoms with Crippen molar-refractivity contribution in [2.24, 2.45) is 11.8 Å². The number of carbonyl (C=O) groups is 1. The Hall–Kier alpha value is -2.70. The van der Waals surface area contributed by atoms with Gasteiger partial charge in [-0.2, -0.15) is 0 Å². The van der Waals surface area contributed by atoms with Gasteiger partial charge in [-0.25, -0.2) is 0 Å². The van der Waals surface area contributed by atoms with Gasteiger partial charge in [0.05, 0.1) is 12.1 Å². The lowest BCUT2D eigenvalue weighted by molar-refractivity contribution is -0.122. The maximum Gasteiger partial charge on any atom is 0.258 e. The Labute approximate surface area is 170 Å². The summed E-state index contributed by atoms with van der Waals surface area (Å²) in [6.07, 6.45) is 3.68. The fraction of sp³-hybridized carbons (Fsp3) is 0.391. The Morgan fingerprint density at radius 3 is 2.66 bits per heavy atom. The van der Waals surface area contributed by atoms with Crippen LogP contribution >= 0.6 is 0 Å². The van der Waals surface area contributed by atoms with Crippen molar-refractivity contribution >= 4 is 17.7 Å². The zero-order valence-electron chi connectivity index (χ0n) is 16.8. The molecule has 152 valence electrons. The molecular weight excluding hydrogens is 366 g/mol.